The molecule has 3 rings (SSSR count). The van der Waals surface area contributed by atoms with Gasteiger partial charge in [0.05, 0.1) is 43.9 Å². The van der Waals surface area contributed by atoms with Crippen molar-refractivity contribution >= 4 is 28.8 Å². The molecule has 2 aliphatic rings. The van der Waals surface area contributed by atoms with Gasteiger partial charge in [0.25, 0.3) is 0 Å². The molecule has 1 amide bonds. The van der Waals surface area contributed by atoms with Crippen molar-refractivity contribution in [3.05, 3.63) is 35.0 Å². The number of carbonyl (C=O) groups is 2. The van der Waals surface area contributed by atoms with Gasteiger partial charge in [-0.15, -0.1) is 0 Å². The molecule has 2 heterocycles. The predicted octanol–water partition coefficient (Wildman–Crippen LogP) is 2.53. The maximum absolute atomic E-state index is 12.8. The van der Waals surface area contributed by atoms with Crippen LogP contribution in [0.15, 0.2) is 34.5 Å². The molecule has 138 valence electrons. The van der Waals surface area contributed by atoms with Crippen molar-refractivity contribution < 1.29 is 23.8 Å². The van der Waals surface area contributed by atoms with Gasteiger partial charge in [-0.25, -0.2) is 9.79 Å². The van der Waals surface area contributed by atoms with Crippen LogP contribution in [0.25, 0.3) is 0 Å². The molecule has 0 bridgehead atoms. The third kappa shape index (κ3) is 2.84. The fourth-order valence-corrected chi connectivity index (χ4v) is 4.14. The summed E-state index contributed by atoms with van der Waals surface area (Å²) in [6.07, 6.45) is 0. The van der Waals surface area contributed by atoms with Gasteiger partial charge >= 0.3 is 5.97 Å². The molecule has 2 aliphatic heterocycles. The summed E-state index contributed by atoms with van der Waals surface area (Å²) >= 11 is 1.38. The van der Waals surface area contributed by atoms with Crippen LogP contribution >= 0.6 is 11.8 Å². The number of aliphatic imine (C=N–C) groups is 1. The number of nitrogens with zero attached hydrogens (tertiary/aromatic N) is 2. The Morgan fingerprint density at radius 3 is 2.50 bits per heavy atom. The Morgan fingerprint density at radius 1 is 1.19 bits per heavy atom. The Morgan fingerprint density at radius 2 is 1.88 bits per heavy atom. The normalized spacial score (nSPS) is 22.1. The van der Waals surface area contributed by atoms with Crippen molar-refractivity contribution in [3.63, 3.8) is 0 Å². The number of hydrogen-bond donors (Lipinski definition) is 0. The largest absolute Gasteiger partial charge is 0.493 e. The standard InChI is InChI=1S/C18H20N2O5S/c1-9-14(17(22)25-5)15(20-16(21)10(2)26-18(20)19-9)11-6-7-12(23-3)13(8-11)24-4/h6-8,10,15H,1-5H3. The maximum Gasteiger partial charge on any atom is 0.338 e. The van der Waals surface area contributed by atoms with E-state index in [2.05, 4.69) is 4.99 Å². The smallest absolute Gasteiger partial charge is 0.338 e. The Bertz CT molecular complexity index is 833. The molecule has 2 atom stereocenters. The number of esters is 1. The van der Waals surface area contributed by atoms with Gasteiger partial charge in [-0.3, -0.25) is 9.69 Å². The molecule has 0 aliphatic carbocycles. The summed E-state index contributed by atoms with van der Waals surface area (Å²) in [4.78, 5) is 31.2. The molecule has 0 aromatic heterocycles. The van der Waals surface area contributed by atoms with E-state index in [0.29, 0.717) is 27.9 Å². The molecule has 0 N–H and O–H groups in total. The zero-order chi connectivity index (χ0) is 19.0. The van der Waals surface area contributed by atoms with Crippen molar-refractivity contribution in [2.75, 3.05) is 21.3 Å². The third-order valence-electron chi connectivity index (χ3n) is 4.39. The van der Waals surface area contributed by atoms with Crippen molar-refractivity contribution in [3.8, 4) is 11.5 Å². The Labute approximate surface area is 156 Å². The highest BCUT2D eigenvalue weighted by molar-refractivity contribution is 8.15. The van der Waals surface area contributed by atoms with Crippen LogP contribution in [-0.2, 0) is 14.3 Å². The minimum absolute atomic E-state index is 0.0950. The number of hydrogen-bond acceptors (Lipinski definition) is 7. The van der Waals surface area contributed by atoms with Crippen LogP contribution in [0, 0.1) is 0 Å². The predicted molar refractivity (Wildman–Crippen MR) is 98.3 cm³/mol. The van der Waals surface area contributed by atoms with Crippen LogP contribution in [0.1, 0.15) is 25.5 Å². The number of thioether (sulfide) groups is 1. The molecule has 0 saturated carbocycles. The van der Waals surface area contributed by atoms with Gasteiger partial charge in [-0.2, -0.15) is 0 Å². The minimum Gasteiger partial charge on any atom is -0.493 e. The number of carbonyl (C=O) groups excluding carboxylic acids is 2. The lowest BCUT2D eigenvalue weighted by atomic mass is 9.94. The van der Waals surface area contributed by atoms with Gasteiger partial charge in [-0.1, -0.05) is 17.8 Å². The highest BCUT2D eigenvalue weighted by Crippen LogP contribution is 2.44. The van der Waals surface area contributed by atoms with Gasteiger partial charge < -0.3 is 14.2 Å². The number of benzene rings is 1. The van der Waals surface area contributed by atoms with Gasteiger partial charge in [0.2, 0.25) is 5.91 Å². The van der Waals surface area contributed by atoms with Gasteiger partial charge in [-0.05, 0) is 31.5 Å². The van der Waals surface area contributed by atoms with E-state index >= 15 is 0 Å². The number of amides is 1. The first-order chi connectivity index (χ1) is 12.4. The number of rotatable bonds is 4. The average molecular weight is 376 g/mol. The Balaban J connectivity index is 2.18. The second-order valence-electron chi connectivity index (χ2n) is 5.87. The van der Waals surface area contributed by atoms with E-state index in [1.807, 2.05) is 13.0 Å². The number of methoxy groups -OCH3 is 3. The van der Waals surface area contributed by atoms with Crippen molar-refractivity contribution in [1.29, 1.82) is 0 Å². The van der Waals surface area contributed by atoms with Gasteiger partial charge in [0.1, 0.15) is 0 Å². The number of fused-ring (bicyclic) bond motifs is 1. The quantitative estimate of drug-likeness (QED) is 0.752. The highest BCUT2D eigenvalue weighted by Gasteiger charge is 2.46. The first-order valence-electron chi connectivity index (χ1n) is 8.02. The first kappa shape index (κ1) is 18.3. The van der Waals surface area contributed by atoms with E-state index in [0.717, 1.165) is 5.56 Å². The minimum atomic E-state index is -0.625. The second kappa shape index (κ2) is 7.03. The highest BCUT2D eigenvalue weighted by atomic mass is 32.2. The average Bonchev–Trinajstić information content (AvgIpc) is 2.92. The summed E-state index contributed by atoms with van der Waals surface area (Å²) in [6.45, 7) is 3.57. The fraction of sp³-hybridized carbons (Fsp3) is 0.389. The van der Waals surface area contributed by atoms with Crippen LogP contribution < -0.4 is 9.47 Å². The molecule has 8 heteroatoms. The SMILES string of the molecule is COC(=O)C1=C(C)N=C2SC(C)C(=O)N2C1c1ccc(OC)c(OC)c1. The third-order valence-corrected chi connectivity index (χ3v) is 5.44. The maximum atomic E-state index is 12.8. The topological polar surface area (TPSA) is 77.4 Å². The van der Waals surface area contributed by atoms with E-state index in [1.165, 1.54) is 26.0 Å². The number of allylic oxidation sites excluding steroid dienone is 1. The molecular formula is C18H20N2O5S. The van der Waals surface area contributed by atoms with E-state index < -0.39 is 12.0 Å². The van der Waals surface area contributed by atoms with E-state index in [9.17, 15) is 9.59 Å². The molecule has 2 unspecified atom stereocenters. The molecule has 1 fully saturated rings. The molecule has 0 spiro atoms. The van der Waals surface area contributed by atoms with E-state index in [1.54, 1.807) is 31.1 Å². The molecule has 0 radical (unpaired) electrons. The molecule has 1 aromatic carbocycles. The zero-order valence-corrected chi connectivity index (χ0v) is 16.0. The molecule has 26 heavy (non-hydrogen) atoms. The van der Waals surface area contributed by atoms with Gasteiger partial charge in [0.15, 0.2) is 16.7 Å². The number of ether oxygens (including phenoxy) is 3. The lowest BCUT2D eigenvalue weighted by molar-refractivity contribution is -0.137. The monoisotopic (exact) mass is 376 g/mol. The molecular weight excluding hydrogens is 356 g/mol. The van der Waals surface area contributed by atoms with Crippen LogP contribution in [-0.4, -0.2) is 48.5 Å². The van der Waals surface area contributed by atoms with Crippen LogP contribution in [0.4, 0.5) is 0 Å². The Kier molecular flexibility index (Phi) is 4.95. The van der Waals surface area contributed by atoms with Crippen molar-refractivity contribution in [1.82, 2.24) is 4.90 Å². The summed E-state index contributed by atoms with van der Waals surface area (Å²) in [5.74, 6) is 0.477. The van der Waals surface area contributed by atoms with Gasteiger partial charge in [0, 0.05) is 0 Å². The van der Waals surface area contributed by atoms with Crippen LogP contribution in [0.2, 0.25) is 0 Å². The van der Waals surface area contributed by atoms with Crippen molar-refractivity contribution in [2.45, 2.75) is 25.1 Å². The second-order valence-corrected chi connectivity index (χ2v) is 7.18. The van der Waals surface area contributed by atoms with Crippen LogP contribution in [0.5, 0.6) is 11.5 Å². The van der Waals surface area contributed by atoms with Crippen molar-refractivity contribution in [2.24, 2.45) is 4.99 Å². The van der Waals surface area contributed by atoms with Crippen LogP contribution in [0.3, 0.4) is 0 Å². The molecule has 1 saturated heterocycles. The first-order valence-corrected chi connectivity index (χ1v) is 8.90. The molecule has 1 aromatic rings. The summed E-state index contributed by atoms with van der Waals surface area (Å²) in [5.41, 5.74) is 1.60. The summed E-state index contributed by atoms with van der Waals surface area (Å²) in [5, 5.41) is 0.327. The van der Waals surface area contributed by atoms with E-state index in [-0.39, 0.29) is 11.2 Å². The molecule has 7 nitrogen and oxygen atoms in total. The lowest BCUT2D eigenvalue weighted by Gasteiger charge is -2.33. The summed E-state index contributed by atoms with van der Waals surface area (Å²) in [6, 6.07) is 4.70. The summed E-state index contributed by atoms with van der Waals surface area (Å²) < 4.78 is 15.6. The summed E-state index contributed by atoms with van der Waals surface area (Å²) in [7, 11) is 4.41. The Hall–Kier alpha value is -2.48. The zero-order valence-electron chi connectivity index (χ0n) is 15.2. The van der Waals surface area contributed by atoms with E-state index in [4.69, 9.17) is 14.2 Å². The lowest BCUT2D eigenvalue weighted by Crippen LogP contribution is -2.40. The fourth-order valence-electron chi connectivity index (χ4n) is 3.11. The number of amidine groups is 1.